The summed E-state index contributed by atoms with van der Waals surface area (Å²) in [6.45, 7) is 56.2. The second kappa shape index (κ2) is 33.6. The van der Waals surface area contributed by atoms with Gasteiger partial charge in [-0.05, 0) is 166 Å². The minimum absolute atomic E-state index is 0.00680. The van der Waals surface area contributed by atoms with Crippen LogP contribution in [0.4, 0.5) is 5.82 Å². The van der Waals surface area contributed by atoms with E-state index in [1.54, 1.807) is 0 Å². The summed E-state index contributed by atoms with van der Waals surface area (Å²) >= 11 is 1.13. The topological polar surface area (TPSA) is 229 Å². The molecule has 2 heterocycles. The Hall–Kier alpha value is -5.19. The van der Waals surface area contributed by atoms with Crippen molar-refractivity contribution in [1.82, 2.24) is 10.3 Å². The number of aromatic amines is 1. The molecule has 1 aromatic heterocycles. The molecule has 16 nitrogen and oxygen atoms in total. The van der Waals surface area contributed by atoms with Crippen molar-refractivity contribution in [2.75, 3.05) is 24.3 Å². The molecule has 0 spiro atoms. The molecular formula is C78H128N4O12S. The molecule has 0 saturated heterocycles. The van der Waals surface area contributed by atoms with Crippen LogP contribution in [0, 0.1) is 79.3 Å². The number of ether oxygens (including phenoxy) is 4. The van der Waals surface area contributed by atoms with Crippen LogP contribution in [0.5, 0.6) is 0 Å². The second-order valence-electron chi connectivity index (χ2n) is 33.9. The van der Waals surface area contributed by atoms with Gasteiger partial charge in [-0.15, -0.1) is 11.8 Å². The second-order valence-corrected chi connectivity index (χ2v) is 35.2. The van der Waals surface area contributed by atoms with Crippen LogP contribution >= 0.6 is 11.8 Å². The molecule has 2 aliphatic carbocycles. The minimum Gasteiger partial charge on any atom is -0.480 e. The Bertz CT molecular complexity index is 2900. The van der Waals surface area contributed by atoms with Crippen molar-refractivity contribution in [2.24, 2.45) is 84.3 Å². The monoisotopic (exact) mass is 1340 g/mol. The van der Waals surface area contributed by atoms with E-state index in [9.17, 15) is 19.5 Å². The van der Waals surface area contributed by atoms with E-state index in [4.69, 9.17) is 23.9 Å². The van der Waals surface area contributed by atoms with Gasteiger partial charge in [-0.2, -0.15) is 0 Å². The van der Waals surface area contributed by atoms with Crippen LogP contribution in [0.1, 0.15) is 291 Å². The molecule has 538 valence electrons. The first kappa shape index (κ1) is 82.2. The number of carboxylic acid groups (broad SMARTS) is 1. The predicted molar refractivity (Wildman–Crippen MR) is 386 cm³/mol. The number of thioether (sulfide) groups is 1. The zero-order valence-electron chi connectivity index (χ0n) is 63.5. The Morgan fingerprint density at radius 2 is 1.09 bits per heavy atom. The molecule has 4 rings (SSSR count). The number of carboxylic acids is 1. The van der Waals surface area contributed by atoms with Crippen molar-refractivity contribution >= 4 is 71.2 Å². The van der Waals surface area contributed by atoms with Crippen molar-refractivity contribution in [3.63, 3.8) is 0 Å². The number of nitrogens with one attached hydrogen (secondary N) is 3. The summed E-state index contributed by atoms with van der Waals surface area (Å²) in [5.74, 6) is -3.19. The van der Waals surface area contributed by atoms with Crippen molar-refractivity contribution in [2.45, 2.75) is 286 Å². The third-order valence-electron chi connectivity index (χ3n) is 21.8. The molecular weight excluding hydrogens is 1220 g/mol. The van der Waals surface area contributed by atoms with Gasteiger partial charge in [0.05, 0.1) is 24.1 Å². The summed E-state index contributed by atoms with van der Waals surface area (Å²) < 4.78 is 25.0. The molecule has 4 N–H and O–H groups in total. The number of carbonyl (C=O) groups is 7. The standard InChI is InChI=1S/C78H128N4O12S/c1-27-37-91-57(83)45-56(66(84)85)95-39-34-36-78(31-5,32-6)70(89)82-65-61(68(87)94-63-52(74(19,20)21)42-49(12)43-53(63)75(22,23)24)59(47(9)10)55(80-65)44-54-58(46(7)8)60(67(86)93-62-50(72(13,14)15)40-48(11)41-51(62)73(16,17)18)64(79-54)81-69(88)77(29-3,30-4)35-33-38-92-71(90)76(25,26)28-2/h27,44,46-53,56,62-63,80H,1,28-43,45H2,2-26H3,(H,82,89)(H,84,85)(H,79,81,88). The average Bonchev–Trinajstić information content (AvgIpc) is 1.73. The summed E-state index contributed by atoms with van der Waals surface area (Å²) in [6.07, 6.45) is 9.51. The van der Waals surface area contributed by atoms with Crippen molar-refractivity contribution < 1.29 is 57.6 Å². The van der Waals surface area contributed by atoms with Gasteiger partial charge in [0.25, 0.3) is 0 Å². The van der Waals surface area contributed by atoms with E-state index in [0.717, 1.165) is 37.4 Å². The number of esters is 4. The van der Waals surface area contributed by atoms with E-state index >= 15 is 19.2 Å². The van der Waals surface area contributed by atoms with Crippen LogP contribution in [0.3, 0.4) is 0 Å². The smallest absolute Gasteiger partial charge is 0.342 e. The van der Waals surface area contributed by atoms with E-state index in [1.807, 2.05) is 82.2 Å². The third kappa shape index (κ3) is 20.7. The highest BCUT2D eigenvalue weighted by molar-refractivity contribution is 8.00. The number of amides is 2. The number of allylic oxidation sites excluding steroid dienone is 1. The molecule has 0 aromatic carbocycles. The van der Waals surface area contributed by atoms with Crippen molar-refractivity contribution in [3.8, 4) is 0 Å². The van der Waals surface area contributed by atoms with Crippen molar-refractivity contribution in [3.05, 3.63) is 46.3 Å². The minimum atomic E-state index is -1.13. The van der Waals surface area contributed by atoms with E-state index < -0.39 is 57.6 Å². The Labute approximate surface area is 577 Å². The molecule has 0 bridgehead atoms. The summed E-state index contributed by atoms with van der Waals surface area (Å²) in [7, 11) is 0. The fourth-order valence-electron chi connectivity index (χ4n) is 15.0. The maximum Gasteiger partial charge on any atom is 0.342 e. The van der Waals surface area contributed by atoms with Crippen LogP contribution in [0.2, 0.25) is 0 Å². The largest absolute Gasteiger partial charge is 0.480 e. The van der Waals surface area contributed by atoms with Gasteiger partial charge in [0, 0.05) is 40.2 Å². The van der Waals surface area contributed by atoms with Gasteiger partial charge in [-0.25, -0.2) is 14.6 Å². The van der Waals surface area contributed by atoms with E-state index in [0.29, 0.717) is 97.9 Å². The van der Waals surface area contributed by atoms with Crippen LogP contribution < -0.4 is 10.6 Å². The fraction of sp³-hybridized carbons (Fsp3) is 0.769. The van der Waals surface area contributed by atoms with Crippen LogP contribution in [0.25, 0.3) is 6.08 Å². The Balaban J connectivity index is 2.07. The molecule has 17 heteroatoms. The van der Waals surface area contributed by atoms with Gasteiger partial charge in [0.2, 0.25) is 11.8 Å². The van der Waals surface area contributed by atoms with E-state index in [-0.39, 0.29) is 117 Å². The zero-order valence-corrected chi connectivity index (χ0v) is 64.3. The molecule has 2 amide bonds. The summed E-state index contributed by atoms with van der Waals surface area (Å²) in [6, 6.07) is 0. The van der Waals surface area contributed by atoms with Gasteiger partial charge in [-0.1, -0.05) is 172 Å². The lowest BCUT2D eigenvalue weighted by Gasteiger charge is -2.50. The first-order chi connectivity index (χ1) is 43.8. The average molecular weight is 1350 g/mol. The lowest BCUT2D eigenvalue weighted by molar-refractivity contribution is -0.164. The van der Waals surface area contributed by atoms with Gasteiger partial charge < -0.3 is 39.7 Å². The first-order valence-electron chi connectivity index (χ1n) is 36.0. The quantitative estimate of drug-likeness (QED) is 0.0243. The summed E-state index contributed by atoms with van der Waals surface area (Å²) in [5.41, 5.74) is -1.18. The predicted octanol–water partition coefficient (Wildman–Crippen LogP) is 18.3. The molecule has 2 saturated carbocycles. The number of hydrogen-bond donors (Lipinski definition) is 4. The molecule has 95 heavy (non-hydrogen) atoms. The van der Waals surface area contributed by atoms with Crippen LogP contribution in [-0.2, 0) is 47.7 Å². The van der Waals surface area contributed by atoms with Gasteiger partial charge in [0.15, 0.2) is 0 Å². The van der Waals surface area contributed by atoms with E-state index in [2.05, 4.69) is 119 Å². The number of hydrogen-bond acceptors (Lipinski definition) is 13. The highest BCUT2D eigenvalue weighted by atomic mass is 32.2. The highest BCUT2D eigenvalue weighted by Gasteiger charge is 2.51. The van der Waals surface area contributed by atoms with Crippen LogP contribution in [0.15, 0.2) is 34.5 Å². The number of aromatic nitrogens is 1. The SMILES string of the molecule is C=CCOC(=O)CC(SCCCC(CC)(CC)C(=O)Nc1[nH]c(C=C2N=C(NC(=O)C(CC)(CC)CCCOC(=O)C(C)(C)CC)C(C(=O)OC3C(C(C)(C)C)CC(C)CC3C(C)(C)C)=C2C(C)C)c(C(C)C)c1C(=O)OC1C(C(C)(C)C)CC(C)CC1C(C)(C)C)C(=O)O. The number of H-pyrrole nitrogens is 1. The fourth-order valence-corrected chi connectivity index (χ4v) is 16.0. The zero-order chi connectivity index (χ0) is 72.3. The lowest BCUT2D eigenvalue weighted by Crippen LogP contribution is -2.50. The molecule has 5 atom stereocenters. The van der Waals surface area contributed by atoms with Crippen LogP contribution in [-0.4, -0.2) is 94.0 Å². The van der Waals surface area contributed by atoms with Gasteiger partial charge in [-0.3, -0.25) is 24.0 Å². The maximum absolute atomic E-state index is 15.9. The van der Waals surface area contributed by atoms with E-state index in [1.165, 1.54) is 6.08 Å². The number of anilines is 1. The molecule has 3 aliphatic rings. The Kier molecular flexibility index (Phi) is 29.1. The normalized spacial score (nSPS) is 22.5. The van der Waals surface area contributed by atoms with Gasteiger partial charge in [0.1, 0.15) is 46.9 Å². The highest BCUT2D eigenvalue weighted by Crippen LogP contribution is 2.53. The van der Waals surface area contributed by atoms with Gasteiger partial charge >= 0.3 is 29.8 Å². The lowest BCUT2D eigenvalue weighted by atomic mass is 9.59. The first-order valence-corrected chi connectivity index (χ1v) is 37.0. The maximum atomic E-state index is 15.9. The molecule has 5 unspecified atom stereocenters. The summed E-state index contributed by atoms with van der Waals surface area (Å²) in [5, 5.41) is 15.5. The molecule has 2 fully saturated rings. The Morgan fingerprint density at radius 3 is 1.51 bits per heavy atom. The molecule has 0 radical (unpaired) electrons. The molecule has 1 aliphatic heterocycles. The van der Waals surface area contributed by atoms with Crippen molar-refractivity contribution in [1.29, 1.82) is 0 Å². The number of amidine groups is 1. The number of aliphatic imine (C=N–C) groups is 1. The summed E-state index contributed by atoms with van der Waals surface area (Å²) in [4.78, 5) is 109. The number of nitrogens with zero attached hydrogens (tertiary/aromatic N) is 1. The number of rotatable bonds is 30. The molecule has 1 aromatic rings. The third-order valence-corrected chi connectivity index (χ3v) is 23.1. The number of aliphatic carboxylic acids is 1. The Morgan fingerprint density at radius 1 is 0.642 bits per heavy atom. The number of carbonyl (C=O) groups excluding carboxylic acids is 6.